The molecule has 0 aliphatic heterocycles. The Bertz CT molecular complexity index is 1020. The fraction of sp³-hybridized carbons (Fsp3) is 0.0500. The minimum atomic E-state index is -0.645. The van der Waals surface area contributed by atoms with Crippen LogP contribution in [0.3, 0.4) is 0 Å². The number of aromatic hydroxyl groups is 1. The monoisotopic (exact) mass is 364 g/mol. The number of benzene rings is 2. The van der Waals surface area contributed by atoms with Gasteiger partial charge in [0.05, 0.1) is 6.20 Å². The molecule has 3 aromatic rings. The highest BCUT2D eigenvalue weighted by atomic mass is 19.1. The van der Waals surface area contributed by atoms with Crippen LogP contribution in [-0.4, -0.2) is 20.9 Å². The van der Waals surface area contributed by atoms with E-state index in [-0.39, 0.29) is 23.3 Å². The molecule has 3 rings (SSSR count). The summed E-state index contributed by atoms with van der Waals surface area (Å²) in [5.74, 6) is -0.646. The number of ketones is 1. The van der Waals surface area contributed by atoms with Crippen LogP contribution in [0, 0.1) is 5.82 Å². The van der Waals surface area contributed by atoms with Gasteiger partial charge in [0.2, 0.25) is 5.95 Å². The SMILES string of the molecule is C=C(C)C(=O)c1cccc(Nc2nc(Nc3cccc(O)c3)ncc2F)c1. The van der Waals surface area contributed by atoms with E-state index in [1.165, 1.54) is 12.1 Å². The highest BCUT2D eigenvalue weighted by molar-refractivity contribution is 6.08. The van der Waals surface area contributed by atoms with E-state index in [1.54, 1.807) is 43.3 Å². The lowest BCUT2D eigenvalue weighted by molar-refractivity contribution is 0.103. The van der Waals surface area contributed by atoms with Crippen molar-refractivity contribution in [1.82, 2.24) is 9.97 Å². The first-order valence-electron chi connectivity index (χ1n) is 8.08. The Morgan fingerprint density at radius 3 is 2.52 bits per heavy atom. The van der Waals surface area contributed by atoms with Gasteiger partial charge in [0.1, 0.15) is 5.75 Å². The Labute approximate surface area is 155 Å². The molecule has 136 valence electrons. The average Bonchev–Trinajstić information content (AvgIpc) is 2.64. The zero-order valence-electron chi connectivity index (χ0n) is 14.5. The number of hydrogen-bond acceptors (Lipinski definition) is 6. The summed E-state index contributed by atoms with van der Waals surface area (Å²) < 4.78 is 14.1. The molecule has 2 aromatic carbocycles. The van der Waals surface area contributed by atoms with Crippen molar-refractivity contribution >= 4 is 28.9 Å². The van der Waals surface area contributed by atoms with Gasteiger partial charge in [-0.05, 0) is 36.8 Å². The van der Waals surface area contributed by atoms with Gasteiger partial charge in [-0.15, -0.1) is 0 Å². The van der Waals surface area contributed by atoms with Crippen LogP contribution in [0.4, 0.5) is 27.5 Å². The number of nitrogens with one attached hydrogen (secondary N) is 2. The molecule has 0 saturated carbocycles. The summed E-state index contributed by atoms with van der Waals surface area (Å²) in [5.41, 5.74) is 1.92. The second-order valence-corrected chi connectivity index (χ2v) is 5.88. The van der Waals surface area contributed by atoms with Crippen LogP contribution in [0.5, 0.6) is 5.75 Å². The summed E-state index contributed by atoms with van der Waals surface area (Å²) in [6.07, 6.45) is 1.03. The average molecular weight is 364 g/mol. The molecule has 0 spiro atoms. The zero-order chi connectivity index (χ0) is 19.4. The van der Waals surface area contributed by atoms with Gasteiger partial charge >= 0.3 is 0 Å². The Balaban J connectivity index is 1.84. The second-order valence-electron chi connectivity index (χ2n) is 5.88. The van der Waals surface area contributed by atoms with Gasteiger partial charge in [-0.25, -0.2) is 9.37 Å². The maximum atomic E-state index is 14.1. The number of aromatic nitrogens is 2. The Morgan fingerprint density at radius 2 is 1.81 bits per heavy atom. The third-order valence-electron chi connectivity index (χ3n) is 3.62. The van der Waals surface area contributed by atoms with Crippen LogP contribution in [0.1, 0.15) is 17.3 Å². The summed E-state index contributed by atoms with van der Waals surface area (Å²) >= 11 is 0. The van der Waals surface area contributed by atoms with E-state index in [2.05, 4.69) is 27.2 Å². The van der Waals surface area contributed by atoms with Crippen LogP contribution in [0.2, 0.25) is 0 Å². The first-order chi connectivity index (χ1) is 12.9. The van der Waals surface area contributed by atoms with E-state index < -0.39 is 5.82 Å². The third kappa shape index (κ3) is 4.46. The molecule has 0 atom stereocenters. The Morgan fingerprint density at radius 1 is 1.11 bits per heavy atom. The fourth-order valence-electron chi connectivity index (χ4n) is 2.35. The lowest BCUT2D eigenvalue weighted by Gasteiger charge is -2.10. The number of allylic oxidation sites excluding steroid dienone is 1. The first kappa shape index (κ1) is 18.1. The number of halogens is 1. The Hall–Kier alpha value is -3.74. The summed E-state index contributed by atoms with van der Waals surface area (Å²) in [6.45, 7) is 5.27. The van der Waals surface area contributed by atoms with Gasteiger partial charge in [-0.3, -0.25) is 4.79 Å². The zero-order valence-corrected chi connectivity index (χ0v) is 14.5. The van der Waals surface area contributed by atoms with Crippen LogP contribution in [-0.2, 0) is 0 Å². The first-order valence-corrected chi connectivity index (χ1v) is 8.08. The van der Waals surface area contributed by atoms with Crippen LogP contribution >= 0.6 is 0 Å². The molecule has 27 heavy (non-hydrogen) atoms. The van der Waals surface area contributed by atoms with E-state index in [9.17, 15) is 14.3 Å². The minimum absolute atomic E-state index is 0.0485. The number of rotatable bonds is 6. The molecule has 3 N–H and O–H groups in total. The molecular formula is C20H17FN4O2. The van der Waals surface area contributed by atoms with Crippen molar-refractivity contribution < 1.29 is 14.3 Å². The number of phenols is 1. The maximum absolute atomic E-state index is 14.1. The number of carbonyl (C=O) groups excluding carboxylic acids is 1. The molecule has 0 aliphatic carbocycles. The lowest BCUT2D eigenvalue weighted by Crippen LogP contribution is -2.04. The van der Waals surface area contributed by atoms with Gasteiger partial charge in [0.15, 0.2) is 17.4 Å². The number of phenolic OH excluding ortho intramolecular Hbond substituents is 1. The topological polar surface area (TPSA) is 87.1 Å². The van der Waals surface area contributed by atoms with E-state index in [0.717, 1.165) is 6.20 Å². The van der Waals surface area contributed by atoms with Crippen molar-refractivity contribution in [3.8, 4) is 5.75 Å². The quantitative estimate of drug-likeness (QED) is 0.439. The smallest absolute Gasteiger partial charge is 0.229 e. The van der Waals surface area contributed by atoms with Crippen LogP contribution < -0.4 is 10.6 Å². The van der Waals surface area contributed by atoms with Crippen molar-refractivity contribution in [1.29, 1.82) is 0 Å². The predicted octanol–water partition coefficient (Wildman–Crippen LogP) is 4.57. The Kier molecular flexibility index (Phi) is 5.12. The van der Waals surface area contributed by atoms with Crippen molar-refractivity contribution in [2.24, 2.45) is 0 Å². The van der Waals surface area contributed by atoms with Gasteiger partial charge in [0, 0.05) is 23.0 Å². The molecule has 0 fully saturated rings. The molecule has 0 amide bonds. The van der Waals surface area contributed by atoms with Crippen molar-refractivity contribution in [2.75, 3.05) is 10.6 Å². The van der Waals surface area contributed by atoms with Crippen molar-refractivity contribution in [3.05, 3.63) is 78.3 Å². The summed E-state index contributed by atoms with van der Waals surface area (Å²) in [5, 5.41) is 15.2. The number of Topliss-reactive ketones (excluding diaryl/α,β-unsaturated/α-hetero) is 1. The molecular weight excluding hydrogens is 347 g/mol. The van der Waals surface area contributed by atoms with E-state index in [1.807, 2.05) is 0 Å². The van der Waals surface area contributed by atoms with Crippen LogP contribution in [0.25, 0.3) is 0 Å². The molecule has 1 aromatic heterocycles. The van der Waals surface area contributed by atoms with Crippen LogP contribution in [0.15, 0.2) is 66.9 Å². The highest BCUT2D eigenvalue weighted by Gasteiger charge is 2.11. The summed E-state index contributed by atoms with van der Waals surface area (Å²) in [6, 6.07) is 13.0. The van der Waals surface area contributed by atoms with Gasteiger partial charge < -0.3 is 15.7 Å². The molecule has 7 heteroatoms. The minimum Gasteiger partial charge on any atom is -0.508 e. The molecule has 0 saturated heterocycles. The highest BCUT2D eigenvalue weighted by Crippen LogP contribution is 2.23. The van der Waals surface area contributed by atoms with Crippen molar-refractivity contribution in [2.45, 2.75) is 6.92 Å². The van der Waals surface area contributed by atoms with E-state index >= 15 is 0 Å². The molecule has 0 radical (unpaired) electrons. The number of nitrogens with zero attached hydrogens (tertiary/aromatic N) is 2. The standard InChI is InChI=1S/C20H17FN4O2/c1-12(2)18(27)13-5-3-6-14(9-13)23-19-17(21)11-22-20(25-19)24-15-7-4-8-16(26)10-15/h3-11,26H,1H2,2H3,(H2,22,23,24,25). The molecule has 0 aliphatic rings. The number of carbonyl (C=O) groups is 1. The maximum Gasteiger partial charge on any atom is 0.229 e. The number of hydrogen-bond donors (Lipinski definition) is 3. The lowest BCUT2D eigenvalue weighted by atomic mass is 10.1. The third-order valence-corrected chi connectivity index (χ3v) is 3.62. The normalized spacial score (nSPS) is 10.3. The molecule has 1 heterocycles. The molecule has 0 unspecified atom stereocenters. The molecule has 6 nitrogen and oxygen atoms in total. The van der Waals surface area contributed by atoms with E-state index in [4.69, 9.17) is 0 Å². The summed E-state index contributed by atoms with van der Waals surface area (Å²) in [7, 11) is 0. The number of anilines is 4. The fourth-order valence-corrected chi connectivity index (χ4v) is 2.35. The van der Waals surface area contributed by atoms with Gasteiger partial charge in [-0.1, -0.05) is 24.8 Å². The second kappa shape index (κ2) is 7.65. The van der Waals surface area contributed by atoms with Crippen molar-refractivity contribution in [3.63, 3.8) is 0 Å². The molecule has 0 bridgehead atoms. The summed E-state index contributed by atoms with van der Waals surface area (Å²) in [4.78, 5) is 20.0. The largest absolute Gasteiger partial charge is 0.508 e. The van der Waals surface area contributed by atoms with E-state index in [0.29, 0.717) is 22.5 Å². The van der Waals surface area contributed by atoms with Gasteiger partial charge in [-0.2, -0.15) is 4.98 Å². The van der Waals surface area contributed by atoms with Gasteiger partial charge in [0.25, 0.3) is 0 Å². The predicted molar refractivity (Wildman–Crippen MR) is 102 cm³/mol.